The number of hydrogen-bond acceptors (Lipinski definition) is 3. The van der Waals surface area contributed by atoms with Crippen LogP contribution < -0.4 is 10.2 Å². The third-order valence-corrected chi connectivity index (χ3v) is 3.99. The van der Waals surface area contributed by atoms with Gasteiger partial charge in [0.15, 0.2) is 0 Å². The highest BCUT2D eigenvalue weighted by molar-refractivity contribution is 6.76. The van der Waals surface area contributed by atoms with Gasteiger partial charge in [-0.05, 0) is 24.3 Å². The Labute approximate surface area is 144 Å². The molecule has 22 heavy (non-hydrogen) atoms. The first kappa shape index (κ1) is 17.2. The van der Waals surface area contributed by atoms with E-state index in [0.717, 1.165) is 18.8 Å². The molecule has 0 aromatic heterocycles. The van der Waals surface area contributed by atoms with Crippen molar-refractivity contribution in [3.63, 3.8) is 0 Å². The van der Waals surface area contributed by atoms with Crippen molar-refractivity contribution in [2.75, 3.05) is 36.4 Å². The van der Waals surface area contributed by atoms with Gasteiger partial charge in [-0.3, -0.25) is 9.59 Å². The highest BCUT2D eigenvalue weighted by atomic mass is 35.6. The summed E-state index contributed by atoms with van der Waals surface area (Å²) >= 11 is 16.5. The fourth-order valence-electron chi connectivity index (χ4n) is 2.24. The number of rotatable bonds is 2. The van der Waals surface area contributed by atoms with Crippen molar-refractivity contribution >= 4 is 58.0 Å². The molecule has 0 aliphatic carbocycles. The molecular weight excluding hydrogens is 349 g/mol. The Morgan fingerprint density at radius 2 is 1.59 bits per heavy atom. The van der Waals surface area contributed by atoms with E-state index in [0.29, 0.717) is 18.8 Å². The Hall–Kier alpha value is -1.17. The summed E-state index contributed by atoms with van der Waals surface area (Å²) in [5.41, 5.74) is 1.58. The van der Waals surface area contributed by atoms with Crippen LogP contribution in [0.4, 0.5) is 11.4 Å². The van der Waals surface area contributed by atoms with Crippen molar-refractivity contribution < 1.29 is 9.59 Å². The van der Waals surface area contributed by atoms with Gasteiger partial charge in [0, 0.05) is 44.5 Å². The maximum Gasteiger partial charge on any atom is 0.276 e. The van der Waals surface area contributed by atoms with Gasteiger partial charge < -0.3 is 15.1 Å². The van der Waals surface area contributed by atoms with Crippen LogP contribution in [0.1, 0.15) is 6.92 Å². The van der Waals surface area contributed by atoms with E-state index in [4.69, 9.17) is 34.8 Å². The largest absolute Gasteiger partial charge is 0.368 e. The zero-order chi connectivity index (χ0) is 16.3. The third kappa shape index (κ3) is 4.41. The third-order valence-electron chi connectivity index (χ3n) is 3.47. The fraction of sp³-hybridized carbons (Fsp3) is 0.429. The van der Waals surface area contributed by atoms with Crippen molar-refractivity contribution in [3.05, 3.63) is 24.3 Å². The van der Waals surface area contributed by atoms with Crippen molar-refractivity contribution in [2.45, 2.75) is 10.7 Å². The van der Waals surface area contributed by atoms with Gasteiger partial charge in [-0.25, -0.2) is 0 Å². The van der Waals surface area contributed by atoms with Crippen LogP contribution in [0.5, 0.6) is 0 Å². The molecule has 2 amide bonds. The summed E-state index contributed by atoms with van der Waals surface area (Å²) in [5.74, 6) is -0.593. The fourth-order valence-corrected chi connectivity index (χ4v) is 2.38. The summed E-state index contributed by atoms with van der Waals surface area (Å²) in [6, 6.07) is 7.27. The van der Waals surface area contributed by atoms with Gasteiger partial charge in [-0.15, -0.1) is 0 Å². The molecule has 1 saturated heterocycles. The molecule has 1 aliphatic heterocycles. The first-order valence-corrected chi connectivity index (χ1v) is 7.89. The number of piperazine rings is 1. The minimum atomic E-state index is -1.98. The van der Waals surface area contributed by atoms with Crippen LogP contribution in [0.25, 0.3) is 0 Å². The van der Waals surface area contributed by atoms with Gasteiger partial charge in [0.1, 0.15) is 0 Å². The second-order valence-electron chi connectivity index (χ2n) is 4.99. The molecule has 1 N–H and O–H groups in total. The molecule has 2 rings (SSSR count). The summed E-state index contributed by atoms with van der Waals surface area (Å²) in [7, 11) is 0. The molecule has 0 spiro atoms. The molecule has 1 aromatic carbocycles. The highest BCUT2D eigenvalue weighted by Gasteiger charge is 2.30. The van der Waals surface area contributed by atoms with Gasteiger partial charge in [-0.2, -0.15) is 0 Å². The number of alkyl halides is 3. The van der Waals surface area contributed by atoms with Gasteiger partial charge in [0.2, 0.25) is 5.91 Å². The normalized spacial score (nSPS) is 15.6. The smallest absolute Gasteiger partial charge is 0.276 e. The van der Waals surface area contributed by atoms with E-state index in [1.54, 1.807) is 19.1 Å². The highest BCUT2D eigenvalue weighted by Crippen LogP contribution is 2.28. The van der Waals surface area contributed by atoms with Crippen LogP contribution in [-0.2, 0) is 9.59 Å². The van der Waals surface area contributed by atoms with E-state index < -0.39 is 9.70 Å². The lowest BCUT2D eigenvalue weighted by atomic mass is 10.2. The maximum atomic E-state index is 11.6. The van der Waals surface area contributed by atoms with Crippen LogP contribution in [0.2, 0.25) is 0 Å². The summed E-state index contributed by atoms with van der Waals surface area (Å²) in [4.78, 5) is 26.9. The number of carbonyl (C=O) groups is 2. The molecule has 0 saturated carbocycles. The Balaban J connectivity index is 1.95. The average Bonchev–Trinajstić information content (AvgIpc) is 2.47. The van der Waals surface area contributed by atoms with E-state index in [1.807, 2.05) is 17.0 Å². The van der Waals surface area contributed by atoms with Crippen LogP contribution in [0.15, 0.2) is 24.3 Å². The number of nitrogens with zero attached hydrogens (tertiary/aromatic N) is 2. The van der Waals surface area contributed by atoms with Crippen molar-refractivity contribution in [3.8, 4) is 0 Å². The van der Waals surface area contributed by atoms with Crippen LogP contribution >= 0.6 is 34.8 Å². The Bertz CT molecular complexity index is 549. The van der Waals surface area contributed by atoms with E-state index in [9.17, 15) is 9.59 Å². The first-order valence-electron chi connectivity index (χ1n) is 6.76. The lowest BCUT2D eigenvalue weighted by Crippen LogP contribution is -2.48. The quantitative estimate of drug-likeness (QED) is 0.821. The molecule has 0 bridgehead atoms. The lowest BCUT2D eigenvalue weighted by Gasteiger charge is -2.35. The monoisotopic (exact) mass is 363 g/mol. The summed E-state index contributed by atoms with van der Waals surface area (Å²) in [5, 5.41) is 2.53. The molecule has 1 aromatic rings. The van der Waals surface area contributed by atoms with E-state index >= 15 is 0 Å². The number of amides is 2. The van der Waals surface area contributed by atoms with Gasteiger partial charge in [0.25, 0.3) is 9.70 Å². The topological polar surface area (TPSA) is 52.7 Å². The summed E-state index contributed by atoms with van der Waals surface area (Å²) in [6.45, 7) is 4.55. The number of benzene rings is 1. The van der Waals surface area contributed by atoms with Crippen LogP contribution in [0.3, 0.4) is 0 Å². The number of anilines is 2. The Morgan fingerprint density at radius 1 is 1.05 bits per heavy atom. The van der Waals surface area contributed by atoms with Crippen molar-refractivity contribution in [2.24, 2.45) is 0 Å². The van der Waals surface area contributed by atoms with Gasteiger partial charge in [0.05, 0.1) is 0 Å². The number of nitrogens with one attached hydrogen (secondary N) is 1. The first-order chi connectivity index (χ1) is 10.3. The Kier molecular flexibility index (Phi) is 5.42. The second-order valence-corrected chi connectivity index (χ2v) is 7.27. The van der Waals surface area contributed by atoms with E-state index in [2.05, 4.69) is 10.2 Å². The number of hydrogen-bond donors (Lipinski definition) is 1. The molecule has 1 heterocycles. The van der Waals surface area contributed by atoms with Crippen LogP contribution in [-0.4, -0.2) is 46.7 Å². The molecule has 8 heteroatoms. The van der Waals surface area contributed by atoms with Crippen LogP contribution in [0, 0.1) is 0 Å². The molecular formula is C14H16Cl3N3O2. The van der Waals surface area contributed by atoms with E-state index in [-0.39, 0.29) is 5.91 Å². The number of carbonyl (C=O) groups excluding carboxylic acids is 2. The molecule has 1 aliphatic rings. The van der Waals surface area contributed by atoms with E-state index in [1.165, 1.54) is 0 Å². The molecule has 0 unspecified atom stereocenters. The van der Waals surface area contributed by atoms with Crippen molar-refractivity contribution in [1.82, 2.24) is 4.90 Å². The predicted octanol–water partition coefficient (Wildman–Crippen LogP) is 2.66. The summed E-state index contributed by atoms with van der Waals surface area (Å²) in [6.07, 6.45) is 0. The van der Waals surface area contributed by atoms with Gasteiger partial charge >= 0.3 is 0 Å². The zero-order valence-electron chi connectivity index (χ0n) is 12.0. The van der Waals surface area contributed by atoms with Crippen molar-refractivity contribution in [1.29, 1.82) is 0 Å². The SMILES string of the molecule is CC(=O)N1CCN(c2ccc(NC(=O)C(Cl)(Cl)Cl)cc2)CC1. The average molecular weight is 365 g/mol. The lowest BCUT2D eigenvalue weighted by molar-refractivity contribution is -0.129. The van der Waals surface area contributed by atoms with Gasteiger partial charge in [-0.1, -0.05) is 34.8 Å². The summed E-state index contributed by atoms with van der Waals surface area (Å²) < 4.78 is -1.98. The maximum absolute atomic E-state index is 11.6. The molecule has 5 nitrogen and oxygen atoms in total. The zero-order valence-corrected chi connectivity index (χ0v) is 14.3. The minimum absolute atomic E-state index is 0.101. The molecule has 0 atom stereocenters. The molecule has 120 valence electrons. The number of halogens is 3. The predicted molar refractivity (Wildman–Crippen MR) is 89.8 cm³/mol. The minimum Gasteiger partial charge on any atom is -0.368 e. The standard InChI is InChI=1S/C14H16Cl3N3O2/c1-10(21)19-6-8-20(9-7-19)12-4-2-11(3-5-12)18-13(22)14(15,16)17/h2-5H,6-9H2,1H3,(H,18,22). The second kappa shape index (κ2) is 6.94. The molecule has 0 radical (unpaired) electrons. The molecule has 1 fully saturated rings. The Morgan fingerprint density at radius 3 is 2.05 bits per heavy atom.